The van der Waals surface area contributed by atoms with Crippen LogP contribution < -0.4 is 18.9 Å². The van der Waals surface area contributed by atoms with Crippen molar-refractivity contribution in [1.29, 1.82) is 0 Å². The highest BCUT2D eigenvalue weighted by atomic mass is 16.5. The molecular formula is C49H46O6. The zero-order chi connectivity index (χ0) is 38.0. The standard InChI is InChI=1S/C49H46O6/c1-3-8-34-10-14-36(15-11-34)38-18-22-40(23-19-38)48(50)54-42-26-28-46-44(32-42)45-33-43(27-29-47(45)53-31-7-5-6-30-52-46)55-49(51)41-24-20-39(21-25-41)37-16-12-35(9-4-2)13-17-37/h10-29,32-33H,3-9,30-31H2,1-2H3. The highest BCUT2D eigenvalue weighted by Gasteiger charge is 2.19. The molecule has 7 rings (SSSR count). The van der Waals surface area contributed by atoms with E-state index in [1.807, 2.05) is 36.4 Å². The smallest absolute Gasteiger partial charge is 0.343 e. The van der Waals surface area contributed by atoms with Gasteiger partial charge in [0.2, 0.25) is 0 Å². The van der Waals surface area contributed by atoms with Crippen molar-refractivity contribution in [3.63, 3.8) is 0 Å². The molecule has 1 aliphatic rings. The Morgan fingerprint density at radius 3 is 1.20 bits per heavy atom. The van der Waals surface area contributed by atoms with Gasteiger partial charge in [0.05, 0.1) is 24.3 Å². The van der Waals surface area contributed by atoms with Gasteiger partial charge in [0.25, 0.3) is 0 Å². The summed E-state index contributed by atoms with van der Waals surface area (Å²) in [6, 6.07) is 42.6. The second-order valence-corrected chi connectivity index (χ2v) is 13.9. The van der Waals surface area contributed by atoms with Gasteiger partial charge in [0.1, 0.15) is 23.0 Å². The summed E-state index contributed by atoms with van der Waals surface area (Å²) in [4.78, 5) is 26.7. The van der Waals surface area contributed by atoms with E-state index in [1.165, 1.54) is 11.1 Å². The number of rotatable bonds is 10. The Balaban J connectivity index is 1.10. The lowest BCUT2D eigenvalue weighted by Crippen LogP contribution is -2.09. The van der Waals surface area contributed by atoms with Crippen LogP contribution in [0.1, 0.15) is 77.8 Å². The van der Waals surface area contributed by atoms with Crippen LogP contribution in [0.25, 0.3) is 33.4 Å². The summed E-state index contributed by atoms with van der Waals surface area (Å²) in [5, 5.41) is 0. The van der Waals surface area contributed by atoms with Gasteiger partial charge in [0, 0.05) is 11.1 Å². The minimum absolute atomic E-state index is 0.353. The molecule has 0 radical (unpaired) electrons. The van der Waals surface area contributed by atoms with Crippen LogP contribution in [0.5, 0.6) is 23.0 Å². The van der Waals surface area contributed by atoms with Crippen molar-refractivity contribution in [1.82, 2.24) is 0 Å². The summed E-state index contributed by atoms with van der Waals surface area (Å²) in [6.07, 6.45) is 7.03. The van der Waals surface area contributed by atoms with E-state index >= 15 is 0 Å². The number of ether oxygens (including phenoxy) is 4. The van der Waals surface area contributed by atoms with Gasteiger partial charge in [-0.3, -0.25) is 0 Å². The molecular weight excluding hydrogens is 685 g/mol. The highest BCUT2D eigenvalue weighted by molar-refractivity contribution is 5.93. The molecule has 1 heterocycles. The Morgan fingerprint density at radius 2 is 0.836 bits per heavy atom. The van der Waals surface area contributed by atoms with E-state index in [4.69, 9.17) is 18.9 Å². The van der Waals surface area contributed by atoms with Gasteiger partial charge in [-0.1, -0.05) is 99.5 Å². The van der Waals surface area contributed by atoms with Crippen molar-refractivity contribution in [3.05, 3.63) is 156 Å². The van der Waals surface area contributed by atoms with Crippen LogP contribution in [0.15, 0.2) is 133 Å². The maximum Gasteiger partial charge on any atom is 0.343 e. The summed E-state index contributed by atoms with van der Waals surface area (Å²) in [7, 11) is 0. The number of aryl methyl sites for hydroxylation is 2. The minimum atomic E-state index is -0.471. The van der Waals surface area contributed by atoms with E-state index in [0.717, 1.165) is 67.2 Å². The van der Waals surface area contributed by atoms with Crippen LogP contribution >= 0.6 is 0 Å². The van der Waals surface area contributed by atoms with Gasteiger partial charge in [-0.2, -0.15) is 0 Å². The fourth-order valence-electron chi connectivity index (χ4n) is 6.80. The monoisotopic (exact) mass is 730 g/mol. The van der Waals surface area contributed by atoms with Crippen LogP contribution in [0, 0.1) is 0 Å². The first-order chi connectivity index (χ1) is 27.0. The predicted molar refractivity (Wildman–Crippen MR) is 218 cm³/mol. The molecule has 0 aromatic heterocycles. The molecule has 0 atom stereocenters. The molecule has 6 heteroatoms. The molecule has 0 aliphatic carbocycles. The lowest BCUT2D eigenvalue weighted by molar-refractivity contribution is 0.0725. The number of fused-ring (bicyclic) bond motifs is 3. The molecule has 6 aromatic rings. The molecule has 278 valence electrons. The van der Waals surface area contributed by atoms with E-state index in [0.29, 0.717) is 58.5 Å². The molecule has 6 aromatic carbocycles. The van der Waals surface area contributed by atoms with Crippen molar-refractivity contribution in [2.45, 2.75) is 58.8 Å². The Bertz CT molecular complexity index is 2060. The van der Waals surface area contributed by atoms with Gasteiger partial charge >= 0.3 is 11.9 Å². The number of carbonyl (C=O) groups excluding carboxylic acids is 2. The van der Waals surface area contributed by atoms with Crippen molar-refractivity contribution in [2.75, 3.05) is 13.2 Å². The number of hydrogen-bond donors (Lipinski definition) is 0. The lowest BCUT2D eigenvalue weighted by Gasteiger charge is -2.17. The number of esters is 2. The van der Waals surface area contributed by atoms with Gasteiger partial charge in [-0.15, -0.1) is 0 Å². The number of carbonyl (C=O) groups is 2. The molecule has 0 spiro atoms. The van der Waals surface area contributed by atoms with Crippen molar-refractivity contribution >= 4 is 11.9 Å². The second-order valence-electron chi connectivity index (χ2n) is 13.9. The molecule has 0 saturated heterocycles. The van der Waals surface area contributed by atoms with E-state index in [-0.39, 0.29) is 0 Å². The minimum Gasteiger partial charge on any atom is -0.493 e. The largest absolute Gasteiger partial charge is 0.493 e. The third-order valence-electron chi connectivity index (χ3n) is 9.81. The molecule has 0 saturated carbocycles. The summed E-state index contributed by atoms with van der Waals surface area (Å²) >= 11 is 0. The average molecular weight is 731 g/mol. The topological polar surface area (TPSA) is 71.1 Å². The zero-order valence-electron chi connectivity index (χ0n) is 31.5. The Hall–Kier alpha value is -6.14. The van der Waals surface area contributed by atoms with Gasteiger partial charge in [0.15, 0.2) is 0 Å². The zero-order valence-corrected chi connectivity index (χ0v) is 31.5. The normalized spacial score (nSPS) is 12.5. The van der Waals surface area contributed by atoms with Crippen molar-refractivity contribution in [3.8, 4) is 56.4 Å². The SMILES string of the molecule is CCCc1ccc(-c2ccc(C(=O)Oc3ccc4c(c3)-c3cc(OC(=O)c5ccc(-c6ccc(CCC)cc6)cc5)ccc3OCCCCCO4)cc2)cc1. The molecule has 1 aliphatic heterocycles. The van der Waals surface area contributed by atoms with Crippen LogP contribution in [0.3, 0.4) is 0 Å². The first kappa shape index (κ1) is 37.2. The Labute approximate surface area is 323 Å². The first-order valence-electron chi connectivity index (χ1n) is 19.3. The van der Waals surface area contributed by atoms with Crippen molar-refractivity contribution in [2.24, 2.45) is 0 Å². The fourth-order valence-corrected chi connectivity index (χ4v) is 6.80. The van der Waals surface area contributed by atoms with Gasteiger partial charge in [-0.05, 0) is 126 Å². The van der Waals surface area contributed by atoms with Crippen LogP contribution in [-0.2, 0) is 12.8 Å². The lowest BCUT2D eigenvalue weighted by atomic mass is 10.0. The third-order valence-corrected chi connectivity index (χ3v) is 9.81. The van der Waals surface area contributed by atoms with Crippen LogP contribution in [0.2, 0.25) is 0 Å². The van der Waals surface area contributed by atoms with Gasteiger partial charge in [-0.25, -0.2) is 9.59 Å². The predicted octanol–water partition coefficient (Wildman–Crippen LogP) is 12.0. The summed E-state index contributed by atoms with van der Waals surface area (Å²) in [5.41, 5.74) is 9.07. The van der Waals surface area contributed by atoms with Crippen molar-refractivity contribution < 1.29 is 28.5 Å². The van der Waals surface area contributed by atoms with E-state index < -0.39 is 11.9 Å². The van der Waals surface area contributed by atoms with Crippen LogP contribution in [0.4, 0.5) is 0 Å². The van der Waals surface area contributed by atoms with E-state index in [2.05, 4.69) is 62.4 Å². The first-order valence-corrected chi connectivity index (χ1v) is 19.3. The molecule has 55 heavy (non-hydrogen) atoms. The maximum atomic E-state index is 13.4. The maximum absolute atomic E-state index is 13.4. The van der Waals surface area contributed by atoms with Crippen LogP contribution in [-0.4, -0.2) is 25.2 Å². The summed E-state index contributed by atoms with van der Waals surface area (Å²) in [6.45, 7) is 5.41. The number of benzene rings is 6. The third kappa shape index (κ3) is 9.33. The molecule has 6 nitrogen and oxygen atoms in total. The number of hydrogen-bond acceptors (Lipinski definition) is 6. The Morgan fingerprint density at radius 1 is 0.473 bits per heavy atom. The molecule has 0 bridgehead atoms. The molecule has 0 unspecified atom stereocenters. The Kier molecular flexibility index (Phi) is 12.0. The van der Waals surface area contributed by atoms with Gasteiger partial charge < -0.3 is 18.9 Å². The fraction of sp³-hybridized carbons (Fsp3) is 0.224. The molecule has 0 amide bonds. The quantitative estimate of drug-likeness (QED) is 0.103. The highest BCUT2D eigenvalue weighted by Crippen LogP contribution is 2.41. The average Bonchev–Trinajstić information content (AvgIpc) is 3.26. The summed E-state index contributed by atoms with van der Waals surface area (Å²) < 4.78 is 24.3. The molecule has 0 N–H and O–H groups in total. The second kappa shape index (κ2) is 17.8. The van der Waals surface area contributed by atoms with E-state index in [9.17, 15) is 9.59 Å². The van der Waals surface area contributed by atoms with E-state index in [1.54, 1.807) is 48.5 Å². The molecule has 0 fully saturated rings. The summed E-state index contributed by atoms with van der Waals surface area (Å²) in [5.74, 6) is 0.991.